The molecule has 2 heterocycles. The Bertz CT molecular complexity index is 735. The largest absolute Gasteiger partial charge is 1.00 e. The van der Waals surface area contributed by atoms with Crippen molar-refractivity contribution in [1.29, 1.82) is 0 Å². The number of rotatable bonds is 3. The fourth-order valence-corrected chi connectivity index (χ4v) is 2.68. The summed E-state index contributed by atoms with van der Waals surface area (Å²) in [5.74, 6) is 1.48. The number of halogens is 1. The molecule has 0 saturated heterocycles. The van der Waals surface area contributed by atoms with Crippen molar-refractivity contribution in [2.24, 2.45) is 5.92 Å². The van der Waals surface area contributed by atoms with Gasteiger partial charge in [-0.3, -0.25) is 0 Å². The van der Waals surface area contributed by atoms with Gasteiger partial charge in [0, 0.05) is 27.9 Å². The molecule has 1 aromatic carbocycles. The van der Waals surface area contributed by atoms with Crippen LogP contribution in [0, 0.1) is 12.1 Å². The second-order valence-electron chi connectivity index (χ2n) is 5.41. The molecular formula is C17H16ClN2Na. The summed E-state index contributed by atoms with van der Waals surface area (Å²) in [6.07, 6.45) is 6.09. The summed E-state index contributed by atoms with van der Waals surface area (Å²) in [7, 11) is 0. The van der Waals surface area contributed by atoms with Crippen LogP contribution in [0.5, 0.6) is 0 Å². The van der Waals surface area contributed by atoms with E-state index in [1.165, 1.54) is 10.9 Å². The first-order chi connectivity index (χ1) is 9.65. The SMILES string of the molecule is CC(C)Cc1cn(-c2ccc[c-]n2)c2cc(Cl)ccc12.[Na+]. The minimum Gasteiger partial charge on any atom is -0.371 e. The molecule has 21 heavy (non-hydrogen) atoms. The summed E-state index contributed by atoms with van der Waals surface area (Å²) >= 11 is 6.15. The first-order valence-corrected chi connectivity index (χ1v) is 7.16. The third kappa shape index (κ3) is 3.51. The Kier molecular flexibility index (Phi) is 5.50. The van der Waals surface area contributed by atoms with Gasteiger partial charge in [0.2, 0.25) is 0 Å². The van der Waals surface area contributed by atoms with Crippen LogP contribution < -0.4 is 29.6 Å². The molecule has 2 aromatic heterocycles. The molecular weight excluding hydrogens is 291 g/mol. The third-order valence-electron chi connectivity index (χ3n) is 3.32. The van der Waals surface area contributed by atoms with Gasteiger partial charge in [0.05, 0.1) is 0 Å². The number of hydrogen-bond donors (Lipinski definition) is 0. The monoisotopic (exact) mass is 306 g/mol. The molecule has 3 aromatic rings. The van der Waals surface area contributed by atoms with Crippen molar-refractivity contribution in [2.75, 3.05) is 0 Å². The van der Waals surface area contributed by atoms with Crippen LogP contribution in [-0.2, 0) is 6.42 Å². The first-order valence-electron chi connectivity index (χ1n) is 6.78. The molecule has 3 rings (SSSR count). The molecule has 0 aliphatic heterocycles. The Morgan fingerprint density at radius 2 is 2.10 bits per heavy atom. The van der Waals surface area contributed by atoms with E-state index in [1.807, 2.05) is 24.3 Å². The predicted octanol–water partition coefficient (Wildman–Crippen LogP) is 1.68. The molecule has 0 bridgehead atoms. The van der Waals surface area contributed by atoms with Gasteiger partial charge in [-0.25, -0.2) is 0 Å². The van der Waals surface area contributed by atoms with E-state index in [0.29, 0.717) is 5.92 Å². The maximum atomic E-state index is 6.15. The maximum absolute atomic E-state index is 6.15. The maximum Gasteiger partial charge on any atom is 1.00 e. The Balaban J connectivity index is 0.00000161. The van der Waals surface area contributed by atoms with Crippen LogP contribution in [0.3, 0.4) is 0 Å². The van der Waals surface area contributed by atoms with Gasteiger partial charge in [0.25, 0.3) is 0 Å². The number of pyridine rings is 1. The van der Waals surface area contributed by atoms with Gasteiger partial charge in [0.15, 0.2) is 0 Å². The van der Waals surface area contributed by atoms with Crippen molar-refractivity contribution in [3.8, 4) is 5.82 Å². The minimum atomic E-state index is 0. The van der Waals surface area contributed by atoms with Crippen molar-refractivity contribution >= 4 is 22.5 Å². The van der Waals surface area contributed by atoms with Crippen molar-refractivity contribution in [2.45, 2.75) is 20.3 Å². The summed E-state index contributed by atoms with van der Waals surface area (Å²) in [5, 5.41) is 1.99. The molecule has 0 fully saturated rings. The van der Waals surface area contributed by atoms with Crippen molar-refractivity contribution in [3.63, 3.8) is 0 Å². The second kappa shape index (κ2) is 6.97. The molecule has 0 N–H and O–H groups in total. The molecule has 0 atom stereocenters. The number of fused-ring (bicyclic) bond motifs is 1. The Morgan fingerprint density at radius 1 is 1.29 bits per heavy atom. The molecule has 0 amide bonds. The minimum absolute atomic E-state index is 0. The van der Waals surface area contributed by atoms with Crippen LogP contribution in [0.15, 0.2) is 42.6 Å². The molecule has 0 unspecified atom stereocenters. The average Bonchev–Trinajstić information content (AvgIpc) is 2.77. The fraction of sp³-hybridized carbons (Fsp3) is 0.235. The molecule has 0 radical (unpaired) electrons. The average molecular weight is 307 g/mol. The normalized spacial score (nSPS) is 10.9. The molecule has 0 aliphatic carbocycles. The van der Waals surface area contributed by atoms with Gasteiger partial charge in [-0.05, 0) is 30.0 Å². The molecule has 0 aliphatic rings. The van der Waals surface area contributed by atoms with Gasteiger partial charge in [-0.2, -0.15) is 12.1 Å². The van der Waals surface area contributed by atoms with Crippen LogP contribution in [0.2, 0.25) is 5.02 Å². The van der Waals surface area contributed by atoms with Crippen LogP contribution in [0.25, 0.3) is 16.7 Å². The van der Waals surface area contributed by atoms with Crippen LogP contribution in [0.4, 0.5) is 0 Å². The zero-order valence-corrected chi connectivity index (χ0v) is 15.4. The number of nitrogens with zero attached hydrogens (tertiary/aromatic N) is 2. The van der Waals surface area contributed by atoms with E-state index in [2.05, 4.69) is 41.9 Å². The summed E-state index contributed by atoms with van der Waals surface area (Å²) in [6.45, 7) is 4.46. The molecule has 0 spiro atoms. The fourth-order valence-electron chi connectivity index (χ4n) is 2.51. The molecule has 4 heteroatoms. The molecule has 2 nitrogen and oxygen atoms in total. The van der Waals surface area contributed by atoms with Gasteiger partial charge in [0.1, 0.15) is 0 Å². The van der Waals surface area contributed by atoms with Gasteiger partial charge in [-0.1, -0.05) is 37.7 Å². The van der Waals surface area contributed by atoms with Gasteiger partial charge >= 0.3 is 29.6 Å². The van der Waals surface area contributed by atoms with E-state index in [-0.39, 0.29) is 29.6 Å². The number of benzene rings is 1. The van der Waals surface area contributed by atoms with Crippen LogP contribution in [0.1, 0.15) is 19.4 Å². The summed E-state index contributed by atoms with van der Waals surface area (Å²) in [6, 6.07) is 11.8. The zero-order chi connectivity index (χ0) is 14.1. The topological polar surface area (TPSA) is 17.8 Å². The van der Waals surface area contributed by atoms with Crippen LogP contribution >= 0.6 is 11.6 Å². The van der Waals surface area contributed by atoms with E-state index in [9.17, 15) is 0 Å². The number of aromatic nitrogens is 2. The van der Waals surface area contributed by atoms with Gasteiger partial charge < -0.3 is 9.55 Å². The second-order valence-corrected chi connectivity index (χ2v) is 5.85. The standard InChI is InChI=1S/C17H16ClN2.Na/c1-12(2)9-13-11-20(17-5-3-4-8-19-17)16-10-14(18)6-7-15(13)16;/h3-7,10-12H,9H2,1-2H3;/q-1;+1. The molecule has 102 valence electrons. The Morgan fingerprint density at radius 3 is 2.76 bits per heavy atom. The van der Waals surface area contributed by atoms with E-state index in [0.717, 1.165) is 22.8 Å². The summed E-state index contributed by atoms with van der Waals surface area (Å²) in [4.78, 5) is 4.32. The smallest absolute Gasteiger partial charge is 0.371 e. The Hall–Kier alpha value is -0.800. The Labute approximate surface area is 152 Å². The summed E-state index contributed by atoms with van der Waals surface area (Å²) in [5.41, 5.74) is 2.43. The van der Waals surface area contributed by atoms with Crippen molar-refractivity contribution < 1.29 is 29.6 Å². The quantitative estimate of drug-likeness (QED) is 0.532. The van der Waals surface area contributed by atoms with E-state index in [1.54, 1.807) is 6.07 Å². The first kappa shape index (κ1) is 16.6. The van der Waals surface area contributed by atoms with Crippen molar-refractivity contribution in [3.05, 3.63) is 59.4 Å². The van der Waals surface area contributed by atoms with Crippen LogP contribution in [-0.4, -0.2) is 9.55 Å². The predicted molar refractivity (Wildman–Crippen MR) is 83.5 cm³/mol. The summed E-state index contributed by atoms with van der Waals surface area (Å²) < 4.78 is 2.09. The third-order valence-corrected chi connectivity index (χ3v) is 3.56. The molecule has 0 saturated carbocycles. The zero-order valence-electron chi connectivity index (χ0n) is 12.6. The van der Waals surface area contributed by atoms with E-state index in [4.69, 9.17) is 11.6 Å². The van der Waals surface area contributed by atoms with Gasteiger partial charge in [-0.15, -0.1) is 6.07 Å². The van der Waals surface area contributed by atoms with E-state index < -0.39 is 0 Å². The number of hydrogen-bond acceptors (Lipinski definition) is 1. The van der Waals surface area contributed by atoms with Crippen molar-refractivity contribution in [1.82, 2.24) is 9.55 Å². The van der Waals surface area contributed by atoms with E-state index >= 15 is 0 Å².